The van der Waals surface area contributed by atoms with E-state index in [0.29, 0.717) is 31.9 Å². The highest BCUT2D eigenvalue weighted by Crippen LogP contribution is 2.21. The summed E-state index contributed by atoms with van der Waals surface area (Å²) < 4.78 is 21.2. The maximum absolute atomic E-state index is 11.8. The van der Waals surface area contributed by atoms with E-state index in [2.05, 4.69) is 5.32 Å². The van der Waals surface area contributed by atoms with Crippen molar-refractivity contribution in [3.63, 3.8) is 0 Å². The largest absolute Gasteiger partial charge is 0.394 e. The third-order valence-corrected chi connectivity index (χ3v) is 4.30. The highest BCUT2D eigenvalue weighted by molar-refractivity contribution is 5.94. The Labute approximate surface area is 169 Å². The first-order chi connectivity index (χ1) is 14.0. The quantitative estimate of drug-likeness (QED) is 0.251. The van der Waals surface area contributed by atoms with Gasteiger partial charge >= 0.3 is 0 Å². The van der Waals surface area contributed by atoms with Crippen LogP contribution in [0.5, 0.6) is 0 Å². The van der Waals surface area contributed by atoms with Gasteiger partial charge < -0.3 is 44.7 Å². The fourth-order valence-electron chi connectivity index (χ4n) is 2.68. The summed E-state index contributed by atoms with van der Waals surface area (Å²) >= 11 is 0. The molecule has 0 saturated carbocycles. The van der Waals surface area contributed by atoms with Crippen LogP contribution in [0.4, 0.5) is 0 Å². The number of rotatable bonds is 12. The number of hydrogen-bond donors (Lipinski definition) is 5. The molecule has 5 N–H and O–H groups in total. The molecule has 164 valence electrons. The van der Waals surface area contributed by atoms with Gasteiger partial charge in [-0.2, -0.15) is 0 Å². The van der Waals surface area contributed by atoms with Gasteiger partial charge in [0.25, 0.3) is 5.91 Å². The predicted molar refractivity (Wildman–Crippen MR) is 100 cm³/mol. The highest BCUT2D eigenvalue weighted by Gasteiger charge is 2.43. The normalized spacial score (nSPS) is 27.0. The van der Waals surface area contributed by atoms with Gasteiger partial charge in [-0.15, -0.1) is 0 Å². The second-order valence-corrected chi connectivity index (χ2v) is 6.41. The van der Waals surface area contributed by atoms with Crippen molar-refractivity contribution in [1.29, 1.82) is 0 Å². The fraction of sp³-hybridized carbons (Fsp3) is 0.632. The Bertz CT molecular complexity index is 586. The van der Waals surface area contributed by atoms with Crippen molar-refractivity contribution in [1.82, 2.24) is 5.32 Å². The molecule has 1 fully saturated rings. The van der Waals surface area contributed by atoms with Crippen molar-refractivity contribution in [3.8, 4) is 0 Å². The molecule has 29 heavy (non-hydrogen) atoms. The number of ether oxygens (including phenoxy) is 4. The second-order valence-electron chi connectivity index (χ2n) is 6.41. The standard InChI is InChI=1S/C19H29NO9/c21-12-14-15(22)16(23)17(24)19(29-14)28-11-10-27-9-8-26-7-6-20-18(25)13-4-2-1-3-5-13/h1-5,14-17,19,21-24H,6-12H2,(H,20,25)/t14?,15-,16+,17?,19+/m1/s1. The average Bonchev–Trinajstić information content (AvgIpc) is 2.75. The monoisotopic (exact) mass is 415 g/mol. The van der Waals surface area contributed by atoms with Crippen LogP contribution in [0.25, 0.3) is 0 Å². The van der Waals surface area contributed by atoms with Crippen molar-refractivity contribution in [2.24, 2.45) is 0 Å². The van der Waals surface area contributed by atoms with Crippen LogP contribution in [0.2, 0.25) is 0 Å². The van der Waals surface area contributed by atoms with E-state index in [-0.39, 0.29) is 19.1 Å². The molecule has 1 aromatic carbocycles. The Hall–Kier alpha value is -1.63. The van der Waals surface area contributed by atoms with Crippen LogP contribution >= 0.6 is 0 Å². The summed E-state index contributed by atoms with van der Waals surface area (Å²) in [7, 11) is 0. The molecule has 0 bridgehead atoms. The van der Waals surface area contributed by atoms with E-state index < -0.39 is 37.3 Å². The molecule has 1 heterocycles. The number of aliphatic hydroxyl groups excluding tert-OH is 4. The molecule has 10 nitrogen and oxygen atoms in total. The number of amides is 1. The molecule has 10 heteroatoms. The Morgan fingerprint density at radius 1 is 0.931 bits per heavy atom. The third kappa shape index (κ3) is 7.61. The van der Waals surface area contributed by atoms with E-state index in [9.17, 15) is 20.1 Å². The van der Waals surface area contributed by atoms with E-state index in [1.807, 2.05) is 6.07 Å². The minimum absolute atomic E-state index is 0.0792. The van der Waals surface area contributed by atoms with Gasteiger partial charge in [0.1, 0.15) is 24.4 Å². The van der Waals surface area contributed by atoms with Gasteiger partial charge in [-0.05, 0) is 12.1 Å². The van der Waals surface area contributed by atoms with Crippen LogP contribution < -0.4 is 5.32 Å². The number of hydrogen-bond acceptors (Lipinski definition) is 9. The van der Waals surface area contributed by atoms with Gasteiger partial charge in [0.05, 0.1) is 39.6 Å². The zero-order valence-corrected chi connectivity index (χ0v) is 16.1. The van der Waals surface area contributed by atoms with Crippen LogP contribution in [0.15, 0.2) is 30.3 Å². The zero-order valence-electron chi connectivity index (χ0n) is 16.1. The number of carbonyl (C=O) groups is 1. The molecule has 0 radical (unpaired) electrons. The molecule has 0 spiro atoms. The van der Waals surface area contributed by atoms with E-state index in [0.717, 1.165) is 0 Å². The summed E-state index contributed by atoms with van der Waals surface area (Å²) in [6.07, 6.45) is -6.49. The molecule has 1 amide bonds. The van der Waals surface area contributed by atoms with E-state index in [1.54, 1.807) is 24.3 Å². The summed E-state index contributed by atoms with van der Waals surface area (Å²) in [6, 6.07) is 8.90. The lowest BCUT2D eigenvalue weighted by molar-refractivity contribution is -0.302. The van der Waals surface area contributed by atoms with Crippen molar-refractivity contribution in [2.45, 2.75) is 30.7 Å². The summed E-state index contributed by atoms with van der Waals surface area (Å²) in [5, 5.41) is 41.0. The first-order valence-corrected chi connectivity index (χ1v) is 9.45. The Kier molecular flexibility index (Phi) is 10.5. The van der Waals surface area contributed by atoms with Crippen molar-refractivity contribution >= 4 is 5.91 Å². The van der Waals surface area contributed by atoms with E-state index in [4.69, 9.17) is 24.1 Å². The second kappa shape index (κ2) is 12.8. The molecular formula is C19H29NO9. The first kappa shape index (κ1) is 23.6. The first-order valence-electron chi connectivity index (χ1n) is 9.45. The minimum atomic E-state index is -1.47. The summed E-state index contributed by atoms with van der Waals surface area (Å²) in [4.78, 5) is 11.8. The molecule has 0 aliphatic carbocycles. The van der Waals surface area contributed by atoms with Crippen LogP contribution in [0.1, 0.15) is 10.4 Å². The van der Waals surface area contributed by atoms with Crippen molar-refractivity contribution in [2.75, 3.05) is 46.2 Å². The van der Waals surface area contributed by atoms with Gasteiger partial charge in [-0.1, -0.05) is 18.2 Å². The van der Waals surface area contributed by atoms with Gasteiger partial charge in [-0.3, -0.25) is 4.79 Å². The fourth-order valence-corrected chi connectivity index (χ4v) is 2.68. The smallest absolute Gasteiger partial charge is 0.251 e. The lowest BCUT2D eigenvalue weighted by Gasteiger charge is -2.39. The molecule has 1 saturated heterocycles. The lowest BCUT2D eigenvalue weighted by atomic mass is 9.99. The third-order valence-electron chi connectivity index (χ3n) is 4.30. The molecule has 5 atom stereocenters. The van der Waals surface area contributed by atoms with Crippen LogP contribution in [-0.4, -0.2) is 103 Å². The zero-order chi connectivity index (χ0) is 21.1. The lowest BCUT2D eigenvalue weighted by Crippen LogP contribution is -2.59. The number of carbonyl (C=O) groups excluding carboxylic acids is 1. The average molecular weight is 415 g/mol. The van der Waals surface area contributed by atoms with E-state index >= 15 is 0 Å². The molecule has 2 rings (SSSR count). The molecular weight excluding hydrogens is 386 g/mol. The molecule has 2 unspecified atom stereocenters. The molecule has 0 aromatic heterocycles. The highest BCUT2D eigenvalue weighted by atomic mass is 16.7. The van der Waals surface area contributed by atoms with Gasteiger partial charge in [0, 0.05) is 12.1 Å². The minimum Gasteiger partial charge on any atom is -0.394 e. The topological polar surface area (TPSA) is 147 Å². The summed E-state index contributed by atoms with van der Waals surface area (Å²) in [5.74, 6) is -0.157. The van der Waals surface area contributed by atoms with E-state index in [1.165, 1.54) is 0 Å². The maximum atomic E-state index is 11.8. The Balaban J connectivity index is 1.46. The summed E-state index contributed by atoms with van der Waals surface area (Å²) in [6.45, 7) is 1.15. The number of aliphatic hydroxyl groups is 4. The van der Waals surface area contributed by atoms with Gasteiger partial charge in [0.2, 0.25) is 0 Å². The maximum Gasteiger partial charge on any atom is 0.251 e. The van der Waals surface area contributed by atoms with Crippen molar-refractivity contribution < 1.29 is 44.2 Å². The van der Waals surface area contributed by atoms with Crippen LogP contribution in [-0.2, 0) is 18.9 Å². The number of nitrogens with one attached hydrogen (secondary N) is 1. The summed E-state index contributed by atoms with van der Waals surface area (Å²) in [5.41, 5.74) is 0.593. The van der Waals surface area contributed by atoms with Crippen molar-refractivity contribution in [3.05, 3.63) is 35.9 Å². The molecule has 1 aliphatic heterocycles. The molecule has 1 aromatic rings. The van der Waals surface area contributed by atoms with Gasteiger partial charge in [0.15, 0.2) is 6.29 Å². The Morgan fingerprint density at radius 2 is 1.59 bits per heavy atom. The molecule has 1 aliphatic rings. The SMILES string of the molecule is O=C(NCCOCCOCCO[C@H]1OC(CO)[C@@H](O)[C@H](O)C1O)c1ccccc1. The van der Waals surface area contributed by atoms with Crippen LogP contribution in [0, 0.1) is 0 Å². The number of benzene rings is 1. The van der Waals surface area contributed by atoms with Crippen LogP contribution in [0.3, 0.4) is 0 Å². The Morgan fingerprint density at radius 3 is 2.28 bits per heavy atom. The van der Waals surface area contributed by atoms with Gasteiger partial charge in [-0.25, -0.2) is 0 Å². The predicted octanol–water partition coefficient (Wildman–Crippen LogP) is -1.73.